The third-order valence-electron chi connectivity index (χ3n) is 5.88. The second-order valence-corrected chi connectivity index (χ2v) is 7.81. The SMILES string of the molecule is O=C1Nc2c(C(F)(F)F)cccc2[C@]1(c1ccc(OC(F)(F)F)cc1)N1CC=C(B(O)O)CC1. The molecule has 2 aromatic carbocycles. The van der Waals surface area contributed by atoms with E-state index in [1.807, 2.05) is 0 Å². The molecule has 13 heteroatoms. The van der Waals surface area contributed by atoms with Crippen molar-refractivity contribution < 1.29 is 45.9 Å². The normalized spacial score (nSPS) is 21.1. The molecule has 0 radical (unpaired) electrons. The van der Waals surface area contributed by atoms with Gasteiger partial charge in [-0.2, -0.15) is 13.2 Å². The summed E-state index contributed by atoms with van der Waals surface area (Å²) in [6.45, 7) is 0.0320. The zero-order valence-electron chi connectivity index (χ0n) is 17.2. The summed E-state index contributed by atoms with van der Waals surface area (Å²) in [5, 5.41) is 21.2. The number of halogens is 6. The van der Waals surface area contributed by atoms with Crippen LogP contribution in [0.1, 0.15) is 23.1 Å². The fourth-order valence-electron chi connectivity index (χ4n) is 4.46. The molecule has 4 rings (SSSR count). The first-order valence-electron chi connectivity index (χ1n) is 10.0. The predicted molar refractivity (Wildman–Crippen MR) is 108 cm³/mol. The van der Waals surface area contributed by atoms with Crippen LogP contribution in [0.2, 0.25) is 0 Å². The lowest BCUT2D eigenvalue weighted by atomic mass is 9.74. The molecule has 6 nitrogen and oxygen atoms in total. The summed E-state index contributed by atoms with van der Waals surface area (Å²) in [6.07, 6.45) is -8.15. The molecule has 34 heavy (non-hydrogen) atoms. The van der Waals surface area contributed by atoms with E-state index >= 15 is 0 Å². The van der Waals surface area contributed by atoms with E-state index in [4.69, 9.17) is 0 Å². The largest absolute Gasteiger partial charge is 0.573 e. The number of fused-ring (bicyclic) bond motifs is 1. The average molecular weight is 486 g/mol. The number of amides is 1. The number of hydrogen-bond acceptors (Lipinski definition) is 5. The molecule has 3 N–H and O–H groups in total. The van der Waals surface area contributed by atoms with Gasteiger partial charge in [0.25, 0.3) is 5.91 Å². The first kappa shape index (κ1) is 24.1. The maximum Gasteiger partial charge on any atom is 0.573 e. The number of carbonyl (C=O) groups excluding carboxylic acids is 1. The third kappa shape index (κ3) is 4.14. The summed E-state index contributed by atoms with van der Waals surface area (Å²) in [5.74, 6) is -1.37. The molecular weight excluding hydrogens is 469 g/mol. The van der Waals surface area contributed by atoms with Crippen molar-refractivity contribution in [3.8, 4) is 5.75 Å². The lowest BCUT2D eigenvalue weighted by Gasteiger charge is -2.41. The number of nitrogens with one attached hydrogen (secondary N) is 1. The van der Waals surface area contributed by atoms with Crippen LogP contribution in [0.3, 0.4) is 0 Å². The molecule has 0 bridgehead atoms. The lowest BCUT2D eigenvalue weighted by molar-refractivity contribution is -0.274. The van der Waals surface area contributed by atoms with Gasteiger partial charge >= 0.3 is 19.7 Å². The van der Waals surface area contributed by atoms with Crippen molar-refractivity contribution in [3.63, 3.8) is 0 Å². The topological polar surface area (TPSA) is 82.0 Å². The van der Waals surface area contributed by atoms with E-state index in [0.717, 1.165) is 24.3 Å². The van der Waals surface area contributed by atoms with E-state index in [-0.39, 0.29) is 36.1 Å². The van der Waals surface area contributed by atoms with Crippen LogP contribution in [-0.2, 0) is 16.5 Å². The Kier molecular flexibility index (Phi) is 5.90. The smallest absolute Gasteiger partial charge is 0.423 e. The summed E-state index contributed by atoms with van der Waals surface area (Å²) in [4.78, 5) is 15.0. The van der Waals surface area contributed by atoms with Crippen LogP contribution in [-0.4, -0.2) is 47.4 Å². The van der Waals surface area contributed by atoms with Crippen LogP contribution in [0, 0.1) is 0 Å². The molecule has 0 fully saturated rings. The molecule has 1 amide bonds. The Balaban J connectivity index is 1.88. The number of ether oxygens (including phenoxy) is 1. The van der Waals surface area contributed by atoms with E-state index < -0.39 is 48.1 Å². The number of para-hydroxylation sites is 1. The summed E-state index contributed by atoms with van der Waals surface area (Å²) in [6, 6.07) is 7.67. The van der Waals surface area contributed by atoms with E-state index in [1.165, 1.54) is 24.3 Å². The number of benzene rings is 2. The van der Waals surface area contributed by atoms with Crippen LogP contribution >= 0.6 is 0 Å². The quantitative estimate of drug-likeness (QED) is 0.456. The van der Waals surface area contributed by atoms with E-state index in [9.17, 15) is 41.2 Å². The minimum atomic E-state index is -4.95. The zero-order chi connectivity index (χ0) is 24.9. The second kappa shape index (κ2) is 8.33. The molecular formula is C21H17BF6N2O4. The van der Waals surface area contributed by atoms with Gasteiger partial charge in [-0.05, 0) is 35.7 Å². The van der Waals surface area contributed by atoms with Gasteiger partial charge in [0.1, 0.15) is 5.75 Å². The Hall–Kier alpha value is -3.03. The van der Waals surface area contributed by atoms with Gasteiger partial charge < -0.3 is 20.1 Å². The van der Waals surface area contributed by atoms with Gasteiger partial charge in [0, 0.05) is 18.7 Å². The number of nitrogens with zero attached hydrogens (tertiary/aromatic N) is 1. The number of carbonyl (C=O) groups is 1. The van der Waals surface area contributed by atoms with Crippen molar-refractivity contribution in [3.05, 3.63) is 70.7 Å². The third-order valence-corrected chi connectivity index (χ3v) is 5.88. The summed E-state index contributed by atoms with van der Waals surface area (Å²) in [7, 11) is -1.72. The lowest BCUT2D eigenvalue weighted by Crippen LogP contribution is -2.53. The van der Waals surface area contributed by atoms with E-state index in [2.05, 4.69) is 10.1 Å². The summed E-state index contributed by atoms with van der Waals surface area (Å²) in [5.41, 5.74) is -2.92. The molecule has 0 aliphatic carbocycles. The van der Waals surface area contributed by atoms with Gasteiger partial charge in [-0.1, -0.05) is 30.3 Å². The monoisotopic (exact) mass is 486 g/mol. The minimum Gasteiger partial charge on any atom is -0.423 e. The van der Waals surface area contributed by atoms with Crippen molar-refractivity contribution in [1.29, 1.82) is 0 Å². The summed E-state index contributed by atoms with van der Waals surface area (Å²) >= 11 is 0. The number of rotatable bonds is 4. The Morgan fingerprint density at radius 3 is 2.24 bits per heavy atom. The van der Waals surface area contributed by atoms with Crippen LogP contribution < -0.4 is 10.1 Å². The van der Waals surface area contributed by atoms with Crippen molar-refractivity contribution in [2.24, 2.45) is 0 Å². The Morgan fingerprint density at radius 1 is 1.03 bits per heavy atom. The highest BCUT2D eigenvalue weighted by Crippen LogP contribution is 2.50. The van der Waals surface area contributed by atoms with Gasteiger partial charge in [0.2, 0.25) is 0 Å². The van der Waals surface area contributed by atoms with Crippen molar-refractivity contribution in [1.82, 2.24) is 4.90 Å². The Morgan fingerprint density at radius 2 is 1.71 bits per heavy atom. The first-order chi connectivity index (χ1) is 15.8. The molecule has 0 saturated carbocycles. The molecule has 2 heterocycles. The molecule has 0 unspecified atom stereocenters. The van der Waals surface area contributed by atoms with Crippen molar-refractivity contribution in [2.75, 3.05) is 18.4 Å². The molecule has 0 aromatic heterocycles. The molecule has 2 aromatic rings. The first-order valence-corrected chi connectivity index (χ1v) is 10.0. The Bertz CT molecular complexity index is 1130. The number of anilines is 1. The van der Waals surface area contributed by atoms with Crippen molar-refractivity contribution >= 4 is 18.7 Å². The van der Waals surface area contributed by atoms with Crippen molar-refractivity contribution in [2.45, 2.75) is 24.5 Å². The molecule has 0 saturated heterocycles. The molecule has 0 spiro atoms. The maximum absolute atomic E-state index is 13.7. The van der Waals surface area contributed by atoms with E-state index in [0.29, 0.717) is 0 Å². The standard InChI is InChI=1S/C21H17BF6N2O4/c23-20(24,25)16-3-1-2-15-17(16)29-18(31)19(15,30-10-8-13(9-11-30)22(32)33)12-4-6-14(7-5-12)34-21(26,27)28/h1-8,32-33H,9-11H2,(H,29,31)/t19-/m0/s1. The predicted octanol–water partition coefficient (Wildman–Crippen LogP) is 3.44. The fourth-order valence-corrected chi connectivity index (χ4v) is 4.46. The summed E-state index contributed by atoms with van der Waals surface area (Å²) < 4.78 is 82.6. The minimum absolute atomic E-state index is 0.0155. The molecule has 180 valence electrons. The van der Waals surface area contributed by atoms with Gasteiger partial charge in [0.05, 0.1) is 11.3 Å². The highest BCUT2D eigenvalue weighted by atomic mass is 19.4. The van der Waals surface area contributed by atoms with Crippen LogP contribution in [0.25, 0.3) is 0 Å². The second-order valence-electron chi connectivity index (χ2n) is 7.81. The van der Waals surface area contributed by atoms with Crippen LogP contribution in [0.15, 0.2) is 54.0 Å². The molecule has 2 aliphatic rings. The fraction of sp³-hybridized carbons (Fsp3) is 0.286. The van der Waals surface area contributed by atoms with Gasteiger partial charge in [-0.15, -0.1) is 13.2 Å². The van der Waals surface area contributed by atoms with Gasteiger partial charge in [0.15, 0.2) is 5.54 Å². The van der Waals surface area contributed by atoms with Gasteiger partial charge in [-0.25, -0.2) is 0 Å². The molecule has 2 aliphatic heterocycles. The highest BCUT2D eigenvalue weighted by molar-refractivity contribution is 6.50. The highest BCUT2D eigenvalue weighted by Gasteiger charge is 2.55. The Labute approximate surface area is 189 Å². The number of alkyl halides is 6. The maximum atomic E-state index is 13.7. The zero-order valence-corrected chi connectivity index (χ0v) is 17.2. The number of hydrogen-bond donors (Lipinski definition) is 3. The average Bonchev–Trinajstić information content (AvgIpc) is 3.05. The van der Waals surface area contributed by atoms with E-state index in [1.54, 1.807) is 4.90 Å². The van der Waals surface area contributed by atoms with Gasteiger partial charge in [-0.3, -0.25) is 9.69 Å². The molecule has 1 atom stereocenters. The van der Waals surface area contributed by atoms with Crippen LogP contribution in [0.4, 0.5) is 32.0 Å². The van der Waals surface area contributed by atoms with Crippen LogP contribution in [0.5, 0.6) is 5.75 Å².